The van der Waals surface area contributed by atoms with Crippen LogP contribution in [-0.4, -0.2) is 200 Å². The molecule has 4 aliphatic rings. The van der Waals surface area contributed by atoms with Crippen LogP contribution in [-0.2, 0) is 52.1 Å². The summed E-state index contributed by atoms with van der Waals surface area (Å²) in [5, 5.41) is 55.4. The van der Waals surface area contributed by atoms with Gasteiger partial charge >= 0.3 is 23.9 Å². The fourth-order valence-corrected chi connectivity index (χ4v) is 16.5. The van der Waals surface area contributed by atoms with E-state index in [2.05, 4.69) is 195 Å². The van der Waals surface area contributed by atoms with E-state index in [-0.39, 0.29) is 28.8 Å². The molecule has 658 valence electrons. The minimum atomic E-state index is -1.02. The summed E-state index contributed by atoms with van der Waals surface area (Å²) in [6.07, 6.45) is 12.3. The highest BCUT2D eigenvalue weighted by Crippen LogP contribution is 2.38. The largest absolute Gasteiger partial charge is 0.478 e. The number of benzene rings is 11. The van der Waals surface area contributed by atoms with Gasteiger partial charge in [0.1, 0.15) is 22.1 Å². The molecule has 2 atom stereocenters. The Morgan fingerprint density at radius 2 is 0.734 bits per heavy atom. The molecule has 3 aliphatic heterocycles. The molecule has 2 saturated heterocycles. The van der Waals surface area contributed by atoms with E-state index in [4.69, 9.17) is 11.5 Å². The number of aliphatic carboxylic acids is 1. The van der Waals surface area contributed by atoms with E-state index < -0.39 is 23.9 Å². The highest BCUT2D eigenvalue weighted by Gasteiger charge is 2.37. The van der Waals surface area contributed by atoms with Gasteiger partial charge in [-0.3, -0.25) is 14.8 Å². The van der Waals surface area contributed by atoms with E-state index in [1.807, 2.05) is 134 Å². The van der Waals surface area contributed by atoms with E-state index in [1.165, 1.54) is 89.3 Å². The van der Waals surface area contributed by atoms with Gasteiger partial charge in [-0.25, -0.2) is 24.2 Å². The number of hydrogen-bond donors (Lipinski definition) is 6. The Bertz CT molecular complexity index is 6190. The standard InChI is InChI=1S/C26H25N3O2.C25H24N4O2.C22H21N3O2.C21H18N4O2.2C5H13N/c1-28-17-27-24-15-21(14-23(25(24)28)26(30)31)18-8-10-19(11-9-18)22-7-3-2-6-20(22)16-29-12-4-5-13-29;1-28-26-23-15-20(14-22(25(30)31)24(23)27-28)17-8-10-18(11-9-17)21-7-3-2-6-19(21)16-29-12-4-5-13-29;1-25-13-24-20-11-17(10-19(21(20)25)22(26)27)14-6-8-15(9-7-14)18-5-3-2-4-16(18)12-23;1-25-23-19-11-16(10-18(21(26)27)20(19)24-25)13-6-8-14(9-7-13)17-5-3-2-4-15(17)12-22;2*1-4-6(3)5-2/h2-3,6-11,14-15,17H,4-5,12-13,16H2,1H3,(H,30,31);2-3,6-11,14-15H,4-5,12-13,16H2,1H3,(H,30,31);2-11,13,20-21H,12,23H2,1H3,(H,26,27);2-11H,12,22H2,1H3,(H,26,27);2*4-5H2,1-3H3. The van der Waals surface area contributed by atoms with Crippen molar-refractivity contribution in [3.8, 4) is 77.9 Å². The van der Waals surface area contributed by atoms with Gasteiger partial charge in [-0.05, 0) is 252 Å². The molecule has 11 aromatic carbocycles. The molecule has 1 aliphatic carbocycles. The third-order valence-electron chi connectivity index (χ3n) is 24.1. The summed E-state index contributed by atoms with van der Waals surface area (Å²) in [5.41, 5.74) is 37.2. The Hall–Kier alpha value is -13.7. The van der Waals surface area contributed by atoms with Crippen LogP contribution >= 0.6 is 0 Å². The molecule has 0 spiro atoms. The van der Waals surface area contributed by atoms with Crippen molar-refractivity contribution in [1.82, 2.24) is 64.0 Å². The number of aliphatic imine (C=N–C) groups is 1. The maximum Gasteiger partial charge on any atom is 0.338 e. The Kier molecular flexibility index (Phi) is 30.9. The number of nitrogens with two attached hydrogens (primary N) is 2. The van der Waals surface area contributed by atoms with Crippen LogP contribution in [0.5, 0.6) is 0 Å². The van der Waals surface area contributed by atoms with Crippen molar-refractivity contribution in [2.45, 2.75) is 91.6 Å². The molecule has 14 aromatic rings. The second kappa shape index (κ2) is 43.0. The maximum absolute atomic E-state index is 11.8. The van der Waals surface area contributed by atoms with Gasteiger partial charge in [0.05, 0.1) is 58.0 Å². The van der Waals surface area contributed by atoms with E-state index in [0.29, 0.717) is 51.8 Å². The fourth-order valence-electron chi connectivity index (χ4n) is 16.5. The number of carbonyl (C=O) groups is 4. The average Bonchev–Trinajstić information content (AvgIpc) is 1.71. The van der Waals surface area contributed by atoms with Gasteiger partial charge in [0.25, 0.3) is 0 Å². The number of carboxylic acids is 4. The number of fused-ring (bicyclic) bond motifs is 4. The van der Waals surface area contributed by atoms with Crippen LogP contribution in [0.4, 0.5) is 0 Å². The number of aromatic carboxylic acids is 3. The summed E-state index contributed by atoms with van der Waals surface area (Å²) in [5.74, 6) is -3.86. The second-order valence-electron chi connectivity index (χ2n) is 32.5. The van der Waals surface area contributed by atoms with E-state index in [1.54, 1.807) is 55.6 Å². The zero-order chi connectivity index (χ0) is 90.7. The van der Waals surface area contributed by atoms with Crippen LogP contribution < -0.4 is 11.5 Å². The molecule has 2 fully saturated rings. The lowest BCUT2D eigenvalue weighted by Gasteiger charge is -2.27. The SMILES string of the molecule is CCN(C)CC.CCN(C)CC.CN1C=NC2C=C(c3ccc(-c4ccccc4CN)cc3)C=C(C(=O)O)C21.Cn1cnc2cc(-c3ccc(-c4ccccc4CN4CCCC4)cc3)cc(C(=O)O)c21.Cn1nc2cc(-c3ccc(-c4ccccc4CN)cc3)cc(C(=O)O)c2n1.Cn1nc2cc(-c3ccc(-c4ccccc4CN4CCCC4)cc3)cc(C(=O)O)c2n1. The Balaban J connectivity index is 0.000000140. The predicted molar refractivity (Wildman–Crippen MR) is 513 cm³/mol. The molecule has 8 N–H and O–H groups in total. The molecule has 0 amide bonds. The van der Waals surface area contributed by atoms with Crippen LogP contribution in [0.1, 0.15) is 112 Å². The topological polar surface area (TPSA) is 309 Å². The number of rotatable bonds is 22. The molecule has 128 heavy (non-hydrogen) atoms. The van der Waals surface area contributed by atoms with Crippen molar-refractivity contribution in [2.75, 3.05) is 73.5 Å². The zero-order valence-corrected chi connectivity index (χ0v) is 74.6. The van der Waals surface area contributed by atoms with Crippen molar-refractivity contribution in [3.63, 3.8) is 0 Å². The molecular formula is C104H114N16O8. The molecule has 24 heteroatoms. The zero-order valence-electron chi connectivity index (χ0n) is 74.6. The maximum atomic E-state index is 11.8. The molecule has 3 aromatic heterocycles. The second-order valence-corrected chi connectivity index (χ2v) is 32.5. The quantitative estimate of drug-likeness (QED) is 0.0367. The van der Waals surface area contributed by atoms with Crippen LogP contribution in [0, 0.1) is 0 Å². The van der Waals surface area contributed by atoms with Gasteiger partial charge in [-0.1, -0.05) is 222 Å². The number of likely N-dealkylation sites (N-methyl/N-ethyl adjacent to an activating group) is 1. The third kappa shape index (κ3) is 22.2. The van der Waals surface area contributed by atoms with Gasteiger partial charge in [-0.15, -0.1) is 0 Å². The van der Waals surface area contributed by atoms with Gasteiger partial charge in [0.2, 0.25) is 0 Å². The molecule has 0 radical (unpaired) electrons. The smallest absolute Gasteiger partial charge is 0.338 e. The van der Waals surface area contributed by atoms with E-state index in [0.717, 1.165) is 123 Å². The first-order valence-electron chi connectivity index (χ1n) is 43.7. The number of aryl methyl sites for hydroxylation is 3. The molecule has 24 nitrogen and oxygen atoms in total. The minimum Gasteiger partial charge on any atom is -0.478 e. The lowest BCUT2D eigenvalue weighted by atomic mass is 9.87. The average molecular weight is 1720 g/mol. The van der Waals surface area contributed by atoms with Gasteiger partial charge in [0.15, 0.2) is 0 Å². The number of aromatic nitrogens is 8. The molecule has 0 bridgehead atoms. The first-order chi connectivity index (χ1) is 61.9. The van der Waals surface area contributed by atoms with E-state index >= 15 is 0 Å². The Morgan fingerprint density at radius 3 is 1.09 bits per heavy atom. The van der Waals surface area contributed by atoms with E-state index in [9.17, 15) is 39.6 Å². The number of nitrogens with zero attached hydrogens (tertiary/aromatic N) is 14. The van der Waals surface area contributed by atoms with Gasteiger partial charge in [0, 0.05) is 54.4 Å². The highest BCUT2D eigenvalue weighted by molar-refractivity contribution is 6.05. The minimum absolute atomic E-state index is 0.146. The molecular weight excluding hydrogens is 1600 g/mol. The lowest BCUT2D eigenvalue weighted by molar-refractivity contribution is -0.133. The Labute approximate surface area is 748 Å². The van der Waals surface area contributed by atoms with Crippen molar-refractivity contribution < 1.29 is 39.6 Å². The lowest BCUT2D eigenvalue weighted by Crippen LogP contribution is -2.38. The summed E-state index contributed by atoms with van der Waals surface area (Å²) in [4.78, 5) is 69.9. The summed E-state index contributed by atoms with van der Waals surface area (Å²) in [6, 6.07) is 76.5. The van der Waals surface area contributed by atoms with Crippen molar-refractivity contribution in [2.24, 2.45) is 37.6 Å². The third-order valence-corrected chi connectivity index (χ3v) is 24.1. The van der Waals surface area contributed by atoms with Crippen molar-refractivity contribution in [1.29, 1.82) is 0 Å². The summed E-state index contributed by atoms with van der Waals surface area (Å²) < 4.78 is 1.75. The predicted octanol–water partition coefficient (Wildman–Crippen LogP) is 18.1. The van der Waals surface area contributed by atoms with Crippen LogP contribution in [0.2, 0.25) is 0 Å². The number of likely N-dealkylation sites (tertiary alicyclic amines) is 2. The number of carboxylic acid groups (broad SMARTS) is 4. The molecule has 18 rings (SSSR count). The monoisotopic (exact) mass is 1710 g/mol. The van der Waals surface area contributed by atoms with Gasteiger partial charge < -0.3 is 51.2 Å². The molecule has 2 unspecified atom stereocenters. The fraction of sp³-hybridized carbons (Fsp3) is 0.269. The first kappa shape index (κ1) is 92.0. The van der Waals surface area contributed by atoms with Crippen LogP contribution in [0.25, 0.3) is 117 Å². The highest BCUT2D eigenvalue weighted by atomic mass is 16.4. The Morgan fingerprint density at radius 1 is 0.398 bits per heavy atom. The summed E-state index contributed by atoms with van der Waals surface area (Å²) >= 11 is 0. The normalized spacial score (nSPS) is 14.6. The molecule has 6 heterocycles. The molecule has 0 saturated carbocycles. The van der Waals surface area contributed by atoms with Gasteiger partial charge in [-0.2, -0.15) is 30.0 Å². The van der Waals surface area contributed by atoms with Crippen molar-refractivity contribution >= 4 is 68.9 Å². The first-order valence-corrected chi connectivity index (χ1v) is 43.7. The summed E-state index contributed by atoms with van der Waals surface area (Å²) in [7, 11) is 11.3. The van der Waals surface area contributed by atoms with Crippen LogP contribution in [0.15, 0.2) is 260 Å². The number of imidazole rings is 1. The van der Waals surface area contributed by atoms with Crippen molar-refractivity contribution in [3.05, 3.63) is 299 Å². The van der Waals surface area contributed by atoms with Crippen LogP contribution in [0.3, 0.4) is 0 Å². The number of hydrogen-bond acceptors (Lipinski definition) is 17. The number of allylic oxidation sites excluding steroid dienone is 2. The summed E-state index contributed by atoms with van der Waals surface area (Å²) in [6.45, 7) is 20.9.